The molecule has 0 aliphatic carbocycles. The Labute approximate surface area is 190 Å². The van der Waals surface area contributed by atoms with Crippen LogP contribution >= 0.6 is 0 Å². The van der Waals surface area contributed by atoms with Gasteiger partial charge in [-0.25, -0.2) is 4.90 Å². The van der Waals surface area contributed by atoms with E-state index >= 15 is 0 Å². The molecule has 5 rings (SSSR count). The number of carbonyl (C=O) groups is 3. The van der Waals surface area contributed by atoms with Gasteiger partial charge in [0.25, 0.3) is 5.91 Å². The van der Waals surface area contributed by atoms with Gasteiger partial charge >= 0.3 is 0 Å². The van der Waals surface area contributed by atoms with Crippen LogP contribution in [0, 0.1) is 17.2 Å². The van der Waals surface area contributed by atoms with E-state index in [0.717, 1.165) is 16.0 Å². The Morgan fingerprint density at radius 1 is 0.879 bits per heavy atom. The van der Waals surface area contributed by atoms with Crippen molar-refractivity contribution in [2.24, 2.45) is 11.0 Å². The number of Topliss-reactive ketones (excluding diaryl/α,β-unsaturated/α-hetero) is 1. The Hall–Kier alpha value is -4.57. The summed E-state index contributed by atoms with van der Waals surface area (Å²) in [5.74, 6) is -2.96. The molecule has 2 atom stereocenters. The molecular weight excluding hydrogens is 416 g/mol. The van der Waals surface area contributed by atoms with E-state index < -0.39 is 29.7 Å². The fraction of sp³-hybridized carbons (Fsp3) is 0.115. The third kappa shape index (κ3) is 3.38. The maximum absolute atomic E-state index is 13.8. The number of carbonyl (C=O) groups excluding carboxylic acids is 3. The van der Waals surface area contributed by atoms with Gasteiger partial charge in [0.2, 0.25) is 5.91 Å². The van der Waals surface area contributed by atoms with Crippen LogP contribution in [0.5, 0.6) is 0 Å². The number of fused-ring (bicyclic) bond motifs is 1. The lowest BCUT2D eigenvalue weighted by molar-refractivity contribution is -0.122. The minimum absolute atomic E-state index is 0.0483. The maximum Gasteiger partial charge on any atom is 0.259 e. The van der Waals surface area contributed by atoms with Gasteiger partial charge in [-0.1, -0.05) is 60.7 Å². The number of amides is 2. The van der Waals surface area contributed by atoms with Gasteiger partial charge in [0.15, 0.2) is 5.78 Å². The lowest BCUT2D eigenvalue weighted by Crippen LogP contribution is -2.36. The summed E-state index contributed by atoms with van der Waals surface area (Å²) in [5, 5.41) is 13.2. The van der Waals surface area contributed by atoms with E-state index in [9.17, 15) is 14.4 Å². The van der Waals surface area contributed by atoms with E-state index in [2.05, 4.69) is 10.5 Å². The van der Waals surface area contributed by atoms with Gasteiger partial charge in [-0.15, -0.1) is 0 Å². The number of hydrazone groups is 1. The predicted molar refractivity (Wildman–Crippen MR) is 121 cm³/mol. The van der Waals surface area contributed by atoms with E-state index in [1.54, 1.807) is 24.3 Å². The van der Waals surface area contributed by atoms with Crippen molar-refractivity contribution in [3.05, 3.63) is 102 Å². The predicted octanol–water partition coefficient (Wildman–Crippen LogP) is 2.78. The second kappa shape index (κ2) is 8.17. The molecule has 160 valence electrons. The Morgan fingerprint density at radius 2 is 1.45 bits per heavy atom. The zero-order valence-electron chi connectivity index (χ0n) is 17.4. The average molecular weight is 434 g/mol. The molecule has 2 heterocycles. The monoisotopic (exact) mass is 434 g/mol. The number of ketones is 1. The van der Waals surface area contributed by atoms with Gasteiger partial charge in [-0.05, 0) is 35.4 Å². The zero-order valence-corrected chi connectivity index (χ0v) is 17.4. The van der Waals surface area contributed by atoms with Crippen molar-refractivity contribution in [1.82, 2.24) is 5.43 Å². The number of imide groups is 1. The normalized spacial score (nSPS) is 19.2. The summed E-state index contributed by atoms with van der Waals surface area (Å²) >= 11 is 0. The van der Waals surface area contributed by atoms with Crippen LogP contribution in [-0.4, -0.2) is 29.4 Å². The van der Waals surface area contributed by atoms with Crippen LogP contribution in [-0.2, 0) is 14.4 Å². The second-order valence-electron chi connectivity index (χ2n) is 7.87. The first-order valence-electron chi connectivity index (χ1n) is 10.5. The van der Waals surface area contributed by atoms with Crippen molar-refractivity contribution < 1.29 is 14.4 Å². The fourth-order valence-corrected chi connectivity index (χ4v) is 4.37. The highest BCUT2D eigenvalue weighted by Crippen LogP contribution is 2.34. The molecule has 1 N–H and O–H groups in total. The Bertz CT molecular complexity index is 1270. The van der Waals surface area contributed by atoms with E-state index in [-0.39, 0.29) is 11.5 Å². The van der Waals surface area contributed by atoms with Crippen LogP contribution in [0.1, 0.15) is 22.6 Å². The molecular formula is C26H18N4O3. The third-order valence-corrected chi connectivity index (χ3v) is 5.96. The number of rotatable bonds is 5. The van der Waals surface area contributed by atoms with Crippen molar-refractivity contribution in [3.63, 3.8) is 0 Å². The molecule has 3 aromatic rings. The number of nitrogens with one attached hydrogen (secondary N) is 1. The lowest BCUT2D eigenvalue weighted by Gasteiger charge is -2.19. The van der Waals surface area contributed by atoms with Gasteiger partial charge in [0, 0.05) is 0 Å². The molecule has 1 saturated heterocycles. The third-order valence-electron chi connectivity index (χ3n) is 5.96. The van der Waals surface area contributed by atoms with Gasteiger partial charge in [-0.2, -0.15) is 10.4 Å². The maximum atomic E-state index is 13.8. The number of nitrogens with zero attached hydrogens (tertiary/aromatic N) is 3. The number of nitriles is 1. The highest BCUT2D eigenvalue weighted by Gasteiger charge is 2.55. The molecule has 2 aliphatic rings. The summed E-state index contributed by atoms with van der Waals surface area (Å²) in [6.07, 6.45) is 0. The second-order valence-corrected chi connectivity index (χ2v) is 7.87. The highest BCUT2D eigenvalue weighted by molar-refractivity contribution is 6.50. The van der Waals surface area contributed by atoms with E-state index in [4.69, 9.17) is 5.26 Å². The first-order valence-corrected chi connectivity index (χ1v) is 10.5. The highest BCUT2D eigenvalue weighted by atomic mass is 16.2. The van der Waals surface area contributed by atoms with E-state index in [0.29, 0.717) is 11.3 Å². The molecule has 0 unspecified atom stereocenters. The van der Waals surface area contributed by atoms with Crippen LogP contribution in [0.25, 0.3) is 0 Å². The smallest absolute Gasteiger partial charge is 0.259 e. The largest absolute Gasteiger partial charge is 0.296 e. The molecule has 0 radical (unpaired) electrons. The number of anilines is 1. The van der Waals surface area contributed by atoms with Crippen molar-refractivity contribution in [2.75, 3.05) is 4.90 Å². The van der Waals surface area contributed by atoms with Crippen LogP contribution in [0.15, 0.2) is 90.0 Å². The Morgan fingerprint density at radius 3 is 2.00 bits per heavy atom. The zero-order chi connectivity index (χ0) is 22.9. The van der Waals surface area contributed by atoms with Gasteiger partial charge in [0.05, 0.1) is 23.2 Å². The summed E-state index contributed by atoms with van der Waals surface area (Å²) in [6.45, 7) is 0. The molecule has 3 aromatic carbocycles. The van der Waals surface area contributed by atoms with Crippen LogP contribution in [0.3, 0.4) is 0 Å². The van der Waals surface area contributed by atoms with E-state index in [1.807, 2.05) is 66.7 Å². The molecule has 2 aliphatic heterocycles. The first-order chi connectivity index (χ1) is 16.1. The number of benzene rings is 3. The van der Waals surface area contributed by atoms with E-state index in [1.165, 1.54) is 0 Å². The quantitative estimate of drug-likeness (QED) is 0.622. The summed E-state index contributed by atoms with van der Waals surface area (Å²) in [5.41, 5.74) is 5.09. The molecule has 7 nitrogen and oxygen atoms in total. The fourth-order valence-electron chi connectivity index (χ4n) is 4.37. The molecule has 33 heavy (non-hydrogen) atoms. The van der Waals surface area contributed by atoms with Crippen LogP contribution in [0.2, 0.25) is 0 Å². The van der Waals surface area contributed by atoms with Crippen LogP contribution < -0.4 is 10.3 Å². The summed E-state index contributed by atoms with van der Waals surface area (Å²) in [6, 6.07) is 25.9. The minimum atomic E-state index is -1.00. The summed E-state index contributed by atoms with van der Waals surface area (Å²) < 4.78 is 0. The SMILES string of the molecule is N#Cc1ccc(N2C(=O)[C@@H]3C(C(=O)C(c4ccccc4)c4ccccc4)=NN[C@@H]3C2=O)cc1. The van der Waals surface area contributed by atoms with Gasteiger partial charge in [-0.3, -0.25) is 19.8 Å². The standard InChI is InChI=1S/C26H18N4O3/c27-15-16-11-13-19(14-12-16)30-25(32)21-22(28-29-23(21)26(30)33)24(31)20(17-7-3-1-4-8-17)18-9-5-2-6-10-18/h1-14,20-21,23,29H/t21-,23+/m1/s1. The van der Waals surface area contributed by atoms with Crippen molar-refractivity contribution in [1.29, 1.82) is 5.26 Å². The van der Waals surface area contributed by atoms with Crippen molar-refractivity contribution in [3.8, 4) is 6.07 Å². The summed E-state index contributed by atoms with van der Waals surface area (Å²) in [7, 11) is 0. The van der Waals surface area contributed by atoms with Crippen LogP contribution in [0.4, 0.5) is 5.69 Å². The molecule has 0 bridgehead atoms. The molecule has 2 amide bonds. The van der Waals surface area contributed by atoms with Crippen molar-refractivity contribution in [2.45, 2.75) is 12.0 Å². The van der Waals surface area contributed by atoms with Gasteiger partial charge < -0.3 is 0 Å². The number of hydrogen-bond acceptors (Lipinski definition) is 6. The molecule has 1 fully saturated rings. The first kappa shape index (κ1) is 20.3. The Kier molecular flexibility index (Phi) is 5.04. The lowest BCUT2D eigenvalue weighted by atomic mass is 9.82. The molecule has 0 spiro atoms. The Balaban J connectivity index is 1.50. The average Bonchev–Trinajstić information content (AvgIpc) is 3.40. The summed E-state index contributed by atoms with van der Waals surface area (Å²) in [4.78, 5) is 41.2. The topological polar surface area (TPSA) is 103 Å². The van der Waals surface area contributed by atoms with Gasteiger partial charge in [0.1, 0.15) is 17.7 Å². The minimum Gasteiger partial charge on any atom is -0.296 e. The molecule has 0 saturated carbocycles. The number of hydrogen-bond donors (Lipinski definition) is 1. The van der Waals surface area contributed by atoms with Crippen molar-refractivity contribution >= 4 is 29.0 Å². The molecule has 7 heteroatoms. The molecule has 0 aromatic heterocycles.